The molecule has 0 fully saturated rings. The maximum Gasteiger partial charge on any atom is 0.120 e. The third-order valence-electron chi connectivity index (χ3n) is 3.48. The van der Waals surface area contributed by atoms with Crippen LogP contribution in [0.15, 0.2) is 42.5 Å². The van der Waals surface area contributed by atoms with E-state index >= 15 is 0 Å². The number of rotatable bonds is 6. The zero-order valence-corrected chi connectivity index (χ0v) is 12.8. The summed E-state index contributed by atoms with van der Waals surface area (Å²) in [5.74, 6) is 1.70. The lowest BCUT2D eigenvalue weighted by molar-refractivity contribution is 0.414. The van der Waals surface area contributed by atoms with Crippen LogP contribution < -0.4 is 20.1 Å². The van der Waals surface area contributed by atoms with Crippen molar-refractivity contribution in [2.24, 2.45) is 5.73 Å². The van der Waals surface area contributed by atoms with Crippen LogP contribution in [0.1, 0.15) is 11.1 Å². The molecule has 0 aliphatic carbocycles. The van der Waals surface area contributed by atoms with Gasteiger partial charge in [-0.05, 0) is 29.3 Å². The Bertz CT molecular complexity index is 599. The van der Waals surface area contributed by atoms with Crippen LogP contribution in [0.2, 0.25) is 0 Å². The lowest BCUT2D eigenvalue weighted by atomic mass is 10.1. The summed E-state index contributed by atoms with van der Waals surface area (Å²) in [5.41, 5.74) is 9.20. The van der Waals surface area contributed by atoms with Gasteiger partial charge < -0.3 is 20.1 Å². The van der Waals surface area contributed by atoms with E-state index in [1.165, 1.54) is 5.56 Å². The molecule has 21 heavy (non-hydrogen) atoms. The van der Waals surface area contributed by atoms with Gasteiger partial charge >= 0.3 is 0 Å². The number of methoxy groups -OCH3 is 2. The zero-order chi connectivity index (χ0) is 15.2. The van der Waals surface area contributed by atoms with Gasteiger partial charge in [0, 0.05) is 31.9 Å². The lowest BCUT2D eigenvalue weighted by Crippen LogP contribution is -2.19. The van der Waals surface area contributed by atoms with E-state index in [9.17, 15) is 0 Å². The second kappa shape index (κ2) is 6.99. The van der Waals surface area contributed by atoms with Crippen LogP contribution in [0.5, 0.6) is 11.5 Å². The highest BCUT2D eigenvalue weighted by molar-refractivity contribution is 5.57. The van der Waals surface area contributed by atoms with Crippen molar-refractivity contribution >= 4 is 5.69 Å². The maximum absolute atomic E-state index is 5.83. The van der Waals surface area contributed by atoms with Crippen LogP contribution in [-0.2, 0) is 13.1 Å². The highest BCUT2D eigenvalue weighted by atomic mass is 16.5. The van der Waals surface area contributed by atoms with Crippen molar-refractivity contribution in [3.63, 3.8) is 0 Å². The second-order valence-electron chi connectivity index (χ2n) is 4.91. The topological polar surface area (TPSA) is 47.7 Å². The molecular weight excluding hydrogens is 264 g/mol. The Kier molecular flexibility index (Phi) is 5.06. The molecule has 0 aliphatic rings. The molecule has 0 spiro atoms. The molecule has 112 valence electrons. The molecule has 0 unspecified atom stereocenters. The van der Waals surface area contributed by atoms with Crippen LogP contribution in [0.3, 0.4) is 0 Å². The Balaban J connectivity index is 2.24. The number of anilines is 1. The molecular formula is C17H22N2O2. The minimum atomic E-state index is 0.502. The summed E-state index contributed by atoms with van der Waals surface area (Å²) in [4.78, 5) is 2.17. The van der Waals surface area contributed by atoms with E-state index in [4.69, 9.17) is 15.2 Å². The van der Waals surface area contributed by atoms with E-state index in [0.29, 0.717) is 6.54 Å². The average molecular weight is 286 g/mol. The molecule has 0 amide bonds. The number of nitrogens with two attached hydrogens (primary N) is 1. The molecule has 0 radical (unpaired) electrons. The molecule has 4 heteroatoms. The number of hydrogen-bond donors (Lipinski definition) is 1. The van der Waals surface area contributed by atoms with Crippen molar-refractivity contribution in [3.8, 4) is 11.5 Å². The highest BCUT2D eigenvalue weighted by Crippen LogP contribution is 2.26. The number of ether oxygens (including phenoxy) is 2. The first-order chi connectivity index (χ1) is 10.2. The normalized spacial score (nSPS) is 10.3. The summed E-state index contributed by atoms with van der Waals surface area (Å²) < 4.78 is 10.6. The van der Waals surface area contributed by atoms with Gasteiger partial charge in [-0.15, -0.1) is 0 Å². The molecule has 2 N–H and O–H groups in total. The SMILES string of the molecule is COc1cccc(CN(C)c2cc(OC)ccc2CN)c1. The fourth-order valence-corrected chi connectivity index (χ4v) is 2.33. The first-order valence-corrected chi connectivity index (χ1v) is 6.89. The predicted molar refractivity (Wildman–Crippen MR) is 86.0 cm³/mol. The van der Waals surface area contributed by atoms with Gasteiger partial charge in [-0.3, -0.25) is 0 Å². The van der Waals surface area contributed by atoms with E-state index in [2.05, 4.69) is 11.0 Å². The van der Waals surface area contributed by atoms with Gasteiger partial charge in [0.1, 0.15) is 11.5 Å². The molecule has 4 nitrogen and oxygen atoms in total. The predicted octanol–water partition coefficient (Wildman–Crippen LogP) is 2.80. The van der Waals surface area contributed by atoms with Crippen molar-refractivity contribution in [3.05, 3.63) is 53.6 Å². The summed E-state index contributed by atoms with van der Waals surface area (Å²) in [5, 5.41) is 0. The van der Waals surface area contributed by atoms with E-state index < -0.39 is 0 Å². The monoisotopic (exact) mass is 286 g/mol. The average Bonchev–Trinajstić information content (AvgIpc) is 2.54. The molecule has 0 aromatic heterocycles. The number of nitrogens with zero attached hydrogens (tertiary/aromatic N) is 1. The minimum Gasteiger partial charge on any atom is -0.497 e. The standard InChI is InChI=1S/C17H22N2O2/c1-19(12-13-5-4-6-15(9-13)20-2)17-10-16(21-3)8-7-14(17)11-18/h4-10H,11-12,18H2,1-3H3. The maximum atomic E-state index is 5.83. The van der Waals surface area contributed by atoms with E-state index in [-0.39, 0.29) is 0 Å². The van der Waals surface area contributed by atoms with Crippen LogP contribution in [0, 0.1) is 0 Å². The molecule has 2 rings (SSSR count). The van der Waals surface area contributed by atoms with Crippen LogP contribution in [0.4, 0.5) is 5.69 Å². The quantitative estimate of drug-likeness (QED) is 0.887. The van der Waals surface area contributed by atoms with Gasteiger partial charge in [-0.25, -0.2) is 0 Å². The smallest absolute Gasteiger partial charge is 0.120 e. The fourth-order valence-electron chi connectivity index (χ4n) is 2.33. The molecule has 0 heterocycles. The van der Waals surface area contributed by atoms with E-state index in [1.807, 2.05) is 43.4 Å². The second-order valence-corrected chi connectivity index (χ2v) is 4.91. The van der Waals surface area contributed by atoms with Gasteiger partial charge in [0.05, 0.1) is 14.2 Å². The number of hydrogen-bond acceptors (Lipinski definition) is 4. The summed E-state index contributed by atoms with van der Waals surface area (Å²) in [7, 11) is 5.40. The molecule has 0 saturated carbocycles. The van der Waals surface area contributed by atoms with E-state index in [1.54, 1.807) is 14.2 Å². The molecule has 0 saturated heterocycles. The van der Waals surface area contributed by atoms with Crippen molar-refractivity contribution in [1.82, 2.24) is 0 Å². The van der Waals surface area contributed by atoms with Crippen molar-refractivity contribution in [1.29, 1.82) is 0 Å². The third kappa shape index (κ3) is 3.67. The Morgan fingerprint density at radius 3 is 2.38 bits per heavy atom. The van der Waals surface area contributed by atoms with Gasteiger partial charge in [0.25, 0.3) is 0 Å². The first-order valence-electron chi connectivity index (χ1n) is 6.89. The van der Waals surface area contributed by atoms with Crippen molar-refractivity contribution in [2.75, 3.05) is 26.2 Å². The minimum absolute atomic E-state index is 0.502. The summed E-state index contributed by atoms with van der Waals surface area (Å²) in [6.45, 7) is 1.28. The third-order valence-corrected chi connectivity index (χ3v) is 3.48. The summed E-state index contributed by atoms with van der Waals surface area (Å²) in [6, 6.07) is 14.0. The first kappa shape index (κ1) is 15.2. The Labute approximate surface area is 126 Å². The number of benzene rings is 2. The Morgan fingerprint density at radius 1 is 1.00 bits per heavy atom. The zero-order valence-electron chi connectivity index (χ0n) is 12.8. The van der Waals surface area contributed by atoms with Gasteiger partial charge in [-0.1, -0.05) is 18.2 Å². The summed E-state index contributed by atoms with van der Waals surface area (Å²) >= 11 is 0. The molecule has 2 aromatic carbocycles. The van der Waals surface area contributed by atoms with Crippen LogP contribution in [-0.4, -0.2) is 21.3 Å². The Hall–Kier alpha value is -2.20. The van der Waals surface area contributed by atoms with E-state index in [0.717, 1.165) is 29.3 Å². The largest absolute Gasteiger partial charge is 0.497 e. The van der Waals surface area contributed by atoms with Gasteiger partial charge in [0.15, 0.2) is 0 Å². The fraction of sp³-hybridized carbons (Fsp3) is 0.294. The molecule has 0 aliphatic heterocycles. The Morgan fingerprint density at radius 2 is 1.71 bits per heavy atom. The van der Waals surface area contributed by atoms with Crippen LogP contribution >= 0.6 is 0 Å². The molecule has 0 bridgehead atoms. The summed E-state index contributed by atoms with van der Waals surface area (Å²) in [6.07, 6.45) is 0. The van der Waals surface area contributed by atoms with Crippen molar-refractivity contribution < 1.29 is 9.47 Å². The molecule has 2 aromatic rings. The van der Waals surface area contributed by atoms with Gasteiger partial charge in [0.2, 0.25) is 0 Å². The van der Waals surface area contributed by atoms with Crippen LogP contribution in [0.25, 0.3) is 0 Å². The lowest BCUT2D eigenvalue weighted by Gasteiger charge is -2.23. The molecule has 0 atom stereocenters. The highest BCUT2D eigenvalue weighted by Gasteiger charge is 2.09. The van der Waals surface area contributed by atoms with Crippen molar-refractivity contribution in [2.45, 2.75) is 13.1 Å². The van der Waals surface area contributed by atoms with Gasteiger partial charge in [-0.2, -0.15) is 0 Å².